The van der Waals surface area contributed by atoms with Gasteiger partial charge in [-0.3, -0.25) is 5.32 Å². The van der Waals surface area contributed by atoms with E-state index in [0.717, 1.165) is 12.0 Å². The second-order valence-electron chi connectivity index (χ2n) is 6.56. The molecule has 8 heteroatoms. The van der Waals surface area contributed by atoms with Gasteiger partial charge in [-0.25, -0.2) is 14.4 Å². The van der Waals surface area contributed by atoms with Gasteiger partial charge in [0.25, 0.3) is 0 Å². The highest BCUT2D eigenvalue weighted by molar-refractivity contribution is 5.90. The van der Waals surface area contributed by atoms with Crippen LogP contribution in [0.1, 0.15) is 25.0 Å². The summed E-state index contributed by atoms with van der Waals surface area (Å²) in [6, 6.07) is 13.5. The van der Waals surface area contributed by atoms with E-state index in [4.69, 9.17) is 18.6 Å². The Morgan fingerprint density at radius 1 is 1.00 bits per heavy atom. The topological polar surface area (TPSA) is 104 Å². The lowest BCUT2D eigenvalue weighted by atomic mass is 10.1. The van der Waals surface area contributed by atoms with Crippen molar-refractivity contribution in [3.05, 3.63) is 70.1 Å². The van der Waals surface area contributed by atoms with Crippen molar-refractivity contribution in [1.29, 1.82) is 0 Å². The van der Waals surface area contributed by atoms with E-state index in [1.807, 2.05) is 25.1 Å². The minimum Gasteiger partial charge on any atom is -0.482 e. The van der Waals surface area contributed by atoms with Crippen molar-refractivity contribution < 1.29 is 28.2 Å². The maximum atomic E-state index is 12.1. The number of fused-ring (bicyclic) bond motifs is 1. The molecule has 3 aromatic rings. The van der Waals surface area contributed by atoms with Gasteiger partial charge in [0.05, 0.1) is 6.61 Å². The van der Waals surface area contributed by atoms with Gasteiger partial charge >= 0.3 is 17.7 Å². The monoisotopic (exact) mass is 425 g/mol. The van der Waals surface area contributed by atoms with E-state index in [2.05, 4.69) is 5.32 Å². The average Bonchev–Trinajstić information content (AvgIpc) is 2.76. The molecule has 1 amide bonds. The first-order valence-electron chi connectivity index (χ1n) is 9.87. The van der Waals surface area contributed by atoms with E-state index in [1.54, 1.807) is 25.1 Å². The second-order valence-corrected chi connectivity index (χ2v) is 6.56. The lowest BCUT2D eigenvalue weighted by molar-refractivity contribution is -0.147. The quantitative estimate of drug-likeness (QED) is 0.429. The summed E-state index contributed by atoms with van der Waals surface area (Å²) in [5.74, 6) is 0.0716. The first kappa shape index (κ1) is 21.9. The summed E-state index contributed by atoms with van der Waals surface area (Å²) < 4.78 is 20.9. The fraction of sp³-hybridized carbons (Fsp3) is 0.261. The van der Waals surface area contributed by atoms with Crippen molar-refractivity contribution in [3.63, 3.8) is 0 Å². The molecule has 0 aliphatic carbocycles. The molecule has 2 aromatic carbocycles. The molecule has 0 bridgehead atoms. The Morgan fingerprint density at radius 2 is 1.81 bits per heavy atom. The molecule has 3 rings (SSSR count). The first-order valence-corrected chi connectivity index (χ1v) is 9.87. The Kier molecular flexibility index (Phi) is 7.26. The van der Waals surface area contributed by atoms with Crippen LogP contribution < -0.4 is 15.7 Å². The summed E-state index contributed by atoms with van der Waals surface area (Å²) in [5.41, 5.74) is 1.54. The number of amides is 1. The number of aryl methyl sites for hydroxylation is 1. The van der Waals surface area contributed by atoms with Crippen LogP contribution in [-0.2, 0) is 27.3 Å². The molecule has 1 N–H and O–H groups in total. The Balaban J connectivity index is 1.67. The van der Waals surface area contributed by atoms with Gasteiger partial charge in [0.2, 0.25) is 0 Å². The summed E-state index contributed by atoms with van der Waals surface area (Å²) in [4.78, 5) is 35.6. The maximum Gasteiger partial charge on any atom is 0.411 e. The Labute approximate surface area is 178 Å². The predicted molar refractivity (Wildman–Crippen MR) is 114 cm³/mol. The number of nitrogens with one attached hydrogen (secondary N) is 1. The summed E-state index contributed by atoms with van der Waals surface area (Å²) in [5, 5.41) is 3.12. The maximum absolute atomic E-state index is 12.1. The van der Waals surface area contributed by atoms with Gasteiger partial charge in [0.1, 0.15) is 17.9 Å². The van der Waals surface area contributed by atoms with Crippen molar-refractivity contribution in [2.45, 2.75) is 26.9 Å². The molecular formula is C23H23NO7. The number of hydrogen-bond donors (Lipinski definition) is 1. The van der Waals surface area contributed by atoms with Gasteiger partial charge in [-0.15, -0.1) is 0 Å². The molecule has 0 radical (unpaired) electrons. The van der Waals surface area contributed by atoms with Crippen LogP contribution in [0.25, 0.3) is 11.0 Å². The van der Waals surface area contributed by atoms with Crippen LogP contribution in [0.5, 0.6) is 5.75 Å². The molecule has 0 fully saturated rings. The number of benzene rings is 2. The number of esters is 1. The lowest BCUT2D eigenvalue weighted by Gasteiger charge is -2.11. The number of anilines is 1. The number of carbonyl (C=O) groups excluding carboxylic acids is 2. The molecule has 0 aliphatic rings. The van der Waals surface area contributed by atoms with E-state index < -0.39 is 17.7 Å². The van der Waals surface area contributed by atoms with E-state index >= 15 is 0 Å². The van der Waals surface area contributed by atoms with Crippen LogP contribution in [0.2, 0.25) is 0 Å². The van der Waals surface area contributed by atoms with Gasteiger partial charge in [-0.05, 0) is 37.1 Å². The Hall–Kier alpha value is -3.81. The van der Waals surface area contributed by atoms with E-state index in [-0.39, 0.29) is 25.4 Å². The van der Waals surface area contributed by atoms with Crippen LogP contribution in [0, 0.1) is 0 Å². The number of para-hydroxylation sites is 1. The molecule has 0 spiro atoms. The zero-order chi connectivity index (χ0) is 22.2. The van der Waals surface area contributed by atoms with Gasteiger partial charge in [0, 0.05) is 28.8 Å². The molecule has 0 saturated carbocycles. The van der Waals surface area contributed by atoms with Crippen molar-refractivity contribution >= 4 is 28.7 Å². The van der Waals surface area contributed by atoms with Crippen LogP contribution in [-0.4, -0.2) is 25.3 Å². The van der Waals surface area contributed by atoms with E-state index in [1.165, 1.54) is 12.1 Å². The van der Waals surface area contributed by atoms with Crippen LogP contribution in [0.3, 0.4) is 0 Å². The van der Waals surface area contributed by atoms with Gasteiger partial charge in [0.15, 0.2) is 6.61 Å². The number of ether oxygens (including phenoxy) is 3. The number of hydrogen-bond acceptors (Lipinski definition) is 7. The fourth-order valence-electron chi connectivity index (χ4n) is 2.99. The molecular weight excluding hydrogens is 402 g/mol. The molecule has 8 nitrogen and oxygen atoms in total. The van der Waals surface area contributed by atoms with Crippen LogP contribution in [0.4, 0.5) is 10.5 Å². The Bertz CT molecular complexity index is 1140. The van der Waals surface area contributed by atoms with Crippen molar-refractivity contribution in [2.75, 3.05) is 18.5 Å². The molecule has 0 atom stereocenters. The Morgan fingerprint density at radius 3 is 2.58 bits per heavy atom. The molecule has 1 heterocycles. The standard InChI is InChI=1S/C23H23NO7/c1-3-15-7-5-6-8-19(15)29-14-22(26)30-13-16-11-21(25)31-20-12-17(9-10-18(16)20)24-23(27)28-4-2/h5-12H,3-4,13-14H2,1-2H3,(H,24,27). The summed E-state index contributed by atoms with van der Waals surface area (Å²) in [6.45, 7) is 3.56. The molecule has 0 saturated heterocycles. The molecule has 1 aromatic heterocycles. The first-order chi connectivity index (χ1) is 15.0. The van der Waals surface area contributed by atoms with Gasteiger partial charge in [-0.2, -0.15) is 0 Å². The van der Waals surface area contributed by atoms with Gasteiger partial charge in [-0.1, -0.05) is 25.1 Å². The summed E-state index contributed by atoms with van der Waals surface area (Å²) in [6.07, 6.45) is 0.170. The fourth-order valence-corrected chi connectivity index (χ4v) is 2.99. The third-order valence-corrected chi connectivity index (χ3v) is 4.44. The zero-order valence-electron chi connectivity index (χ0n) is 17.3. The number of rotatable bonds is 8. The SMILES string of the molecule is CCOC(=O)Nc1ccc2c(COC(=O)COc3ccccc3CC)cc(=O)oc2c1. The van der Waals surface area contributed by atoms with Crippen LogP contribution in [0.15, 0.2) is 57.7 Å². The van der Waals surface area contributed by atoms with Crippen molar-refractivity contribution in [2.24, 2.45) is 0 Å². The molecule has 31 heavy (non-hydrogen) atoms. The highest BCUT2D eigenvalue weighted by atomic mass is 16.6. The third kappa shape index (κ3) is 5.85. The molecule has 162 valence electrons. The minimum absolute atomic E-state index is 0.121. The minimum atomic E-state index is -0.612. The van der Waals surface area contributed by atoms with Gasteiger partial charge < -0.3 is 18.6 Å². The summed E-state index contributed by atoms with van der Waals surface area (Å²) in [7, 11) is 0. The largest absolute Gasteiger partial charge is 0.482 e. The predicted octanol–water partition coefficient (Wildman–Crippen LogP) is 4.05. The van der Waals surface area contributed by atoms with E-state index in [0.29, 0.717) is 22.4 Å². The average molecular weight is 425 g/mol. The third-order valence-electron chi connectivity index (χ3n) is 4.44. The second kappa shape index (κ2) is 10.3. The normalized spacial score (nSPS) is 10.5. The molecule has 0 aliphatic heterocycles. The summed E-state index contributed by atoms with van der Waals surface area (Å²) >= 11 is 0. The highest BCUT2D eigenvalue weighted by Gasteiger charge is 2.12. The smallest absolute Gasteiger partial charge is 0.411 e. The highest BCUT2D eigenvalue weighted by Crippen LogP contribution is 2.22. The number of carbonyl (C=O) groups is 2. The van der Waals surface area contributed by atoms with Crippen LogP contribution >= 0.6 is 0 Å². The lowest BCUT2D eigenvalue weighted by Crippen LogP contribution is -2.16. The van der Waals surface area contributed by atoms with E-state index in [9.17, 15) is 14.4 Å². The van der Waals surface area contributed by atoms with Crippen molar-refractivity contribution in [1.82, 2.24) is 0 Å². The zero-order valence-corrected chi connectivity index (χ0v) is 17.3. The molecule has 0 unspecified atom stereocenters. The van der Waals surface area contributed by atoms with Crippen molar-refractivity contribution in [3.8, 4) is 5.75 Å².